The van der Waals surface area contributed by atoms with Crippen LogP contribution in [0.5, 0.6) is 5.88 Å². The fourth-order valence-corrected chi connectivity index (χ4v) is 5.70. The first-order chi connectivity index (χ1) is 16.8. The van der Waals surface area contributed by atoms with Crippen LogP contribution in [-0.4, -0.2) is 49.3 Å². The Morgan fingerprint density at radius 1 is 1.29 bits per heavy atom. The lowest BCUT2D eigenvalue weighted by molar-refractivity contribution is 0.0154. The molecule has 8 rings (SSSR count). The van der Waals surface area contributed by atoms with E-state index in [9.17, 15) is 14.0 Å². The van der Waals surface area contributed by atoms with Crippen LogP contribution in [0.25, 0.3) is 5.78 Å². The summed E-state index contributed by atoms with van der Waals surface area (Å²) in [6, 6.07) is 2.69. The number of aromatic nitrogens is 4. The van der Waals surface area contributed by atoms with Crippen molar-refractivity contribution in [1.82, 2.24) is 18.9 Å². The van der Waals surface area contributed by atoms with Gasteiger partial charge in [0, 0.05) is 30.4 Å². The van der Waals surface area contributed by atoms with Gasteiger partial charge in [-0.15, -0.1) is 0 Å². The second-order valence-electron chi connectivity index (χ2n) is 10.7. The van der Waals surface area contributed by atoms with Gasteiger partial charge < -0.3 is 19.4 Å². The fourth-order valence-electron chi connectivity index (χ4n) is 5.70. The van der Waals surface area contributed by atoms with Crippen LogP contribution in [0.4, 0.5) is 10.1 Å². The highest BCUT2D eigenvalue weighted by Gasteiger charge is 2.61. The number of carbonyl (C=O) groups excluding carboxylic acids is 1. The first-order valence-corrected chi connectivity index (χ1v) is 12.2. The molecule has 10 heteroatoms. The minimum atomic E-state index is -1.03. The maximum atomic E-state index is 13.5. The van der Waals surface area contributed by atoms with Gasteiger partial charge in [-0.2, -0.15) is 4.98 Å². The standard InChI is InChI=1S/C25H26FN5O4/c1-24-11-25(12-24,13-34-24)19-10-30-9-15(21(29-23(30)28-19)35-14-4-2-5-14)20(32)27-17-6-3-7-31(22(17)33)18-8-16(18)26/h3,6-7,9-10,14,16,18H,2,4-5,8,11-13H2,1H3,(H,27,32)/t16-,18+,24?,25?/m1/s1. The van der Waals surface area contributed by atoms with E-state index in [-0.39, 0.29) is 34.3 Å². The number of ether oxygens (including phenoxy) is 2. The molecule has 1 N–H and O–H groups in total. The van der Waals surface area contributed by atoms with E-state index >= 15 is 0 Å². The molecule has 5 aliphatic rings. The maximum absolute atomic E-state index is 13.5. The molecule has 2 bridgehead atoms. The van der Waals surface area contributed by atoms with Crippen molar-refractivity contribution in [1.29, 1.82) is 0 Å². The molecule has 5 fully saturated rings. The van der Waals surface area contributed by atoms with E-state index in [2.05, 4.69) is 17.2 Å². The number of carbonyl (C=O) groups is 1. The van der Waals surface area contributed by atoms with Gasteiger partial charge in [0.05, 0.1) is 23.9 Å². The van der Waals surface area contributed by atoms with Crippen molar-refractivity contribution in [2.24, 2.45) is 0 Å². The molecule has 1 amide bonds. The zero-order valence-corrected chi connectivity index (χ0v) is 19.4. The topological polar surface area (TPSA) is 99.8 Å². The number of pyridine rings is 1. The highest BCUT2D eigenvalue weighted by molar-refractivity contribution is 6.05. The highest BCUT2D eigenvalue weighted by atomic mass is 19.1. The number of anilines is 1. The smallest absolute Gasteiger partial charge is 0.274 e. The minimum Gasteiger partial charge on any atom is -0.474 e. The molecule has 2 aliphatic heterocycles. The van der Waals surface area contributed by atoms with Crippen LogP contribution < -0.4 is 15.6 Å². The Morgan fingerprint density at radius 3 is 2.74 bits per heavy atom. The van der Waals surface area contributed by atoms with Gasteiger partial charge in [-0.3, -0.25) is 14.0 Å². The summed E-state index contributed by atoms with van der Waals surface area (Å²) < 4.78 is 28.6. The molecule has 0 unspecified atom stereocenters. The molecule has 3 aromatic rings. The largest absolute Gasteiger partial charge is 0.474 e. The van der Waals surface area contributed by atoms with E-state index in [0.29, 0.717) is 18.8 Å². The molecule has 0 radical (unpaired) electrons. The van der Waals surface area contributed by atoms with Gasteiger partial charge in [0.2, 0.25) is 11.7 Å². The van der Waals surface area contributed by atoms with E-state index in [1.165, 1.54) is 10.6 Å². The summed E-state index contributed by atoms with van der Waals surface area (Å²) in [7, 11) is 0. The van der Waals surface area contributed by atoms with Crippen molar-refractivity contribution >= 4 is 17.4 Å². The molecule has 35 heavy (non-hydrogen) atoms. The van der Waals surface area contributed by atoms with Crippen molar-refractivity contribution in [2.75, 3.05) is 11.9 Å². The number of hydrogen-bond donors (Lipinski definition) is 1. The lowest BCUT2D eigenvalue weighted by atomic mass is 9.62. The van der Waals surface area contributed by atoms with Crippen molar-refractivity contribution in [2.45, 2.75) is 74.8 Å². The average Bonchev–Trinajstić information content (AvgIpc) is 3.10. The molecule has 0 aromatic carbocycles. The molecule has 3 aliphatic carbocycles. The summed E-state index contributed by atoms with van der Waals surface area (Å²) in [5.74, 6) is 0.160. The van der Waals surface area contributed by atoms with Crippen molar-refractivity contribution in [3.63, 3.8) is 0 Å². The number of imidazole rings is 1. The number of nitrogens with one attached hydrogen (secondary N) is 1. The molecule has 9 nitrogen and oxygen atoms in total. The van der Waals surface area contributed by atoms with Crippen LogP contribution in [0.15, 0.2) is 35.5 Å². The molecule has 0 spiro atoms. The number of fused-ring (bicyclic) bond motifs is 2. The minimum absolute atomic E-state index is 0.00501. The predicted molar refractivity (Wildman–Crippen MR) is 124 cm³/mol. The van der Waals surface area contributed by atoms with Gasteiger partial charge in [0.1, 0.15) is 23.5 Å². The zero-order valence-electron chi connectivity index (χ0n) is 19.4. The monoisotopic (exact) mass is 479 g/mol. The Balaban J connectivity index is 1.23. The summed E-state index contributed by atoms with van der Waals surface area (Å²) in [5.41, 5.74) is 0.609. The normalized spacial score (nSPS) is 31.1. The summed E-state index contributed by atoms with van der Waals surface area (Å²) in [5, 5.41) is 2.69. The van der Waals surface area contributed by atoms with Crippen LogP contribution in [0.1, 0.15) is 67.5 Å². The summed E-state index contributed by atoms with van der Waals surface area (Å²) in [4.78, 5) is 35.5. The van der Waals surface area contributed by atoms with Gasteiger partial charge in [0.25, 0.3) is 11.5 Å². The van der Waals surface area contributed by atoms with Gasteiger partial charge in [-0.25, -0.2) is 9.37 Å². The number of nitrogens with zero attached hydrogens (tertiary/aromatic N) is 4. The van der Waals surface area contributed by atoms with Crippen LogP contribution in [-0.2, 0) is 10.2 Å². The van der Waals surface area contributed by atoms with Gasteiger partial charge in [-0.05, 0) is 51.2 Å². The number of alkyl halides is 1. The molecule has 182 valence electrons. The lowest BCUT2D eigenvalue weighted by Crippen LogP contribution is -2.45. The third-order valence-electron chi connectivity index (χ3n) is 7.91. The number of hydrogen-bond acceptors (Lipinski definition) is 6. The van der Waals surface area contributed by atoms with E-state index < -0.39 is 23.7 Å². The molecular formula is C25H26FN5O4. The predicted octanol–water partition coefficient (Wildman–Crippen LogP) is 3.18. The van der Waals surface area contributed by atoms with Crippen LogP contribution in [0, 0.1) is 0 Å². The van der Waals surface area contributed by atoms with Crippen LogP contribution in [0.2, 0.25) is 0 Å². The molecule has 3 aromatic heterocycles. The van der Waals surface area contributed by atoms with E-state index in [1.807, 2.05) is 6.20 Å². The van der Waals surface area contributed by atoms with E-state index in [4.69, 9.17) is 14.5 Å². The van der Waals surface area contributed by atoms with E-state index in [1.54, 1.807) is 22.9 Å². The Morgan fingerprint density at radius 2 is 2.09 bits per heavy atom. The maximum Gasteiger partial charge on any atom is 0.274 e. The van der Waals surface area contributed by atoms with Crippen molar-refractivity contribution in [3.8, 4) is 5.88 Å². The SMILES string of the molecule is CC12CC(c3cn4cc(C(=O)Nc5cccn([C@H]6C[C@H]6F)c5=O)c(OC5CCC5)nc4n3)(CO1)C2. The van der Waals surface area contributed by atoms with Gasteiger partial charge >= 0.3 is 0 Å². The molecule has 3 saturated carbocycles. The number of halogens is 1. The highest BCUT2D eigenvalue weighted by Crippen LogP contribution is 2.58. The molecule has 2 atom stereocenters. The molecular weight excluding hydrogens is 453 g/mol. The molecule has 2 saturated heterocycles. The lowest BCUT2D eigenvalue weighted by Gasteiger charge is -2.41. The summed E-state index contributed by atoms with van der Waals surface area (Å²) in [6.07, 6.45) is 9.13. The van der Waals surface area contributed by atoms with Crippen LogP contribution >= 0.6 is 0 Å². The zero-order chi connectivity index (χ0) is 23.9. The Hall–Kier alpha value is -3.27. The van der Waals surface area contributed by atoms with Crippen molar-refractivity contribution < 1.29 is 18.7 Å². The number of rotatable bonds is 6. The summed E-state index contributed by atoms with van der Waals surface area (Å²) >= 11 is 0. The van der Waals surface area contributed by atoms with Gasteiger partial charge in [-0.1, -0.05) is 0 Å². The third-order valence-corrected chi connectivity index (χ3v) is 7.91. The van der Waals surface area contributed by atoms with Crippen LogP contribution in [0.3, 0.4) is 0 Å². The second kappa shape index (κ2) is 7.13. The first-order valence-electron chi connectivity index (χ1n) is 12.2. The summed E-state index contributed by atoms with van der Waals surface area (Å²) in [6.45, 7) is 2.75. The third kappa shape index (κ3) is 3.30. The fraction of sp³-hybridized carbons (Fsp3) is 0.520. The first kappa shape index (κ1) is 21.0. The quantitative estimate of drug-likeness (QED) is 0.583. The number of amides is 1. The Bertz CT molecular complexity index is 1420. The van der Waals surface area contributed by atoms with Gasteiger partial charge in [0.15, 0.2) is 0 Å². The van der Waals surface area contributed by atoms with Crippen molar-refractivity contribution in [3.05, 3.63) is 52.3 Å². The van der Waals surface area contributed by atoms with E-state index in [0.717, 1.165) is 37.8 Å². The Kier molecular flexibility index (Phi) is 4.29. The Labute approximate surface area is 200 Å². The average molecular weight is 480 g/mol. The molecule has 5 heterocycles. The second-order valence-corrected chi connectivity index (χ2v) is 10.7.